The van der Waals surface area contributed by atoms with Gasteiger partial charge in [-0.1, -0.05) is 24.3 Å². The number of hydrogen-bond donors (Lipinski definition) is 1. The lowest BCUT2D eigenvalue weighted by Crippen LogP contribution is -2.57. The highest BCUT2D eigenvalue weighted by Crippen LogP contribution is 2.26. The number of likely N-dealkylation sites (tertiary alicyclic amines) is 1. The van der Waals surface area contributed by atoms with Gasteiger partial charge in [0.1, 0.15) is 6.07 Å². The lowest BCUT2D eigenvalue weighted by atomic mass is 9.97. The van der Waals surface area contributed by atoms with Crippen molar-refractivity contribution in [1.82, 2.24) is 10.2 Å². The molecular formula is C13H16FN3. The molecule has 1 aromatic carbocycles. The van der Waals surface area contributed by atoms with Crippen LogP contribution in [-0.4, -0.2) is 30.7 Å². The van der Waals surface area contributed by atoms with Gasteiger partial charge in [0.25, 0.3) is 0 Å². The monoisotopic (exact) mass is 233 g/mol. The summed E-state index contributed by atoms with van der Waals surface area (Å²) in [5, 5.41) is 11.7. The molecule has 0 bridgehead atoms. The van der Waals surface area contributed by atoms with Gasteiger partial charge in [0.15, 0.2) is 0 Å². The quantitative estimate of drug-likeness (QED) is 0.855. The molecule has 0 unspecified atom stereocenters. The molecule has 0 amide bonds. The molecular weight excluding hydrogens is 217 g/mol. The van der Waals surface area contributed by atoms with Crippen molar-refractivity contribution < 1.29 is 4.39 Å². The highest BCUT2D eigenvalue weighted by molar-refractivity contribution is 5.23. The molecule has 1 aromatic rings. The fourth-order valence-electron chi connectivity index (χ4n) is 2.07. The molecule has 1 aliphatic rings. The van der Waals surface area contributed by atoms with Crippen LogP contribution in [0, 0.1) is 11.3 Å². The van der Waals surface area contributed by atoms with Gasteiger partial charge in [-0.25, -0.2) is 4.39 Å². The summed E-state index contributed by atoms with van der Waals surface area (Å²) in [6.45, 7) is 2.02. The summed E-state index contributed by atoms with van der Waals surface area (Å²) in [6.07, 6.45) is 0. The third-order valence-electron chi connectivity index (χ3n) is 2.96. The Balaban J connectivity index is 1.87. The third-order valence-corrected chi connectivity index (χ3v) is 2.96. The van der Waals surface area contributed by atoms with E-state index in [1.54, 1.807) is 6.07 Å². The first kappa shape index (κ1) is 12.0. The molecule has 0 atom stereocenters. The number of nitrogens with one attached hydrogen (secondary N) is 1. The average Bonchev–Trinajstić information content (AvgIpc) is 2.30. The third kappa shape index (κ3) is 2.82. The molecule has 1 N–H and O–H groups in total. The molecule has 0 aromatic heterocycles. The van der Waals surface area contributed by atoms with Crippen molar-refractivity contribution in [2.24, 2.45) is 0 Å². The van der Waals surface area contributed by atoms with E-state index >= 15 is 0 Å². The van der Waals surface area contributed by atoms with E-state index < -0.39 is 5.67 Å². The Kier molecular flexibility index (Phi) is 3.41. The second-order valence-corrected chi connectivity index (χ2v) is 4.57. The van der Waals surface area contributed by atoms with E-state index in [0.717, 1.165) is 12.1 Å². The zero-order chi connectivity index (χ0) is 12.3. The number of benzene rings is 1. The number of rotatable bonds is 4. The van der Waals surface area contributed by atoms with E-state index in [1.807, 2.05) is 11.9 Å². The maximum Gasteiger partial charge on any atom is 0.221 e. The van der Waals surface area contributed by atoms with Crippen LogP contribution in [0.1, 0.15) is 11.1 Å². The van der Waals surface area contributed by atoms with Gasteiger partial charge < -0.3 is 5.32 Å². The van der Waals surface area contributed by atoms with Crippen LogP contribution >= 0.6 is 0 Å². The number of alkyl halides is 1. The number of halogens is 1. The van der Waals surface area contributed by atoms with Crippen molar-refractivity contribution in [2.45, 2.75) is 18.8 Å². The summed E-state index contributed by atoms with van der Waals surface area (Å²) in [6, 6.07) is 9.94. The standard InChI is InChI=1S/C13H16FN3/c1-16-6-11-2-4-12(5-3-11)7-17-9-13(14,8-15)10-17/h2-5,16H,6-7,9-10H2,1H3. The summed E-state index contributed by atoms with van der Waals surface area (Å²) in [5.74, 6) is 0. The Morgan fingerprint density at radius 3 is 2.47 bits per heavy atom. The van der Waals surface area contributed by atoms with Gasteiger partial charge in [-0.2, -0.15) is 5.26 Å². The topological polar surface area (TPSA) is 39.1 Å². The first-order valence-electron chi connectivity index (χ1n) is 5.70. The molecule has 0 radical (unpaired) electrons. The van der Waals surface area contributed by atoms with E-state index in [2.05, 4.69) is 29.6 Å². The van der Waals surface area contributed by atoms with Crippen molar-refractivity contribution >= 4 is 0 Å². The Bertz CT molecular complexity index is 415. The predicted octanol–water partition coefficient (Wildman–Crippen LogP) is 1.45. The maximum absolute atomic E-state index is 13.3. The summed E-state index contributed by atoms with van der Waals surface area (Å²) in [7, 11) is 1.91. The van der Waals surface area contributed by atoms with Crippen molar-refractivity contribution in [3.63, 3.8) is 0 Å². The molecule has 3 nitrogen and oxygen atoms in total. The molecule has 0 saturated carbocycles. The molecule has 1 aliphatic heterocycles. The Labute approximate surface area is 101 Å². The number of nitriles is 1. The normalized spacial score (nSPS) is 18.4. The summed E-state index contributed by atoms with van der Waals surface area (Å²) < 4.78 is 13.3. The fraction of sp³-hybridized carbons (Fsp3) is 0.462. The highest BCUT2D eigenvalue weighted by atomic mass is 19.1. The van der Waals surface area contributed by atoms with E-state index in [0.29, 0.717) is 6.54 Å². The van der Waals surface area contributed by atoms with Gasteiger partial charge in [-0.05, 0) is 18.2 Å². The van der Waals surface area contributed by atoms with Crippen molar-refractivity contribution in [3.05, 3.63) is 35.4 Å². The molecule has 4 heteroatoms. The lowest BCUT2D eigenvalue weighted by molar-refractivity contribution is 0.00565. The number of hydrogen-bond acceptors (Lipinski definition) is 3. The minimum atomic E-state index is -1.62. The van der Waals surface area contributed by atoms with Crippen LogP contribution in [0.4, 0.5) is 4.39 Å². The van der Waals surface area contributed by atoms with Crippen LogP contribution < -0.4 is 5.32 Å². The van der Waals surface area contributed by atoms with Gasteiger partial charge >= 0.3 is 0 Å². The molecule has 2 rings (SSSR count). The Hall–Kier alpha value is -1.44. The van der Waals surface area contributed by atoms with Crippen LogP contribution in [0.25, 0.3) is 0 Å². The van der Waals surface area contributed by atoms with E-state index in [-0.39, 0.29) is 13.1 Å². The Morgan fingerprint density at radius 1 is 1.35 bits per heavy atom. The van der Waals surface area contributed by atoms with E-state index in [1.165, 1.54) is 5.56 Å². The van der Waals surface area contributed by atoms with Crippen LogP contribution in [0.2, 0.25) is 0 Å². The van der Waals surface area contributed by atoms with Gasteiger partial charge in [-0.15, -0.1) is 0 Å². The first-order valence-corrected chi connectivity index (χ1v) is 5.70. The van der Waals surface area contributed by atoms with E-state index in [9.17, 15) is 4.39 Å². The lowest BCUT2D eigenvalue weighted by Gasteiger charge is -2.39. The molecule has 17 heavy (non-hydrogen) atoms. The maximum atomic E-state index is 13.3. The second-order valence-electron chi connectivity index (χ2n) is 4.57. The fourth-order valence-corrected chi connectivity index (χ4v) is 2.07. The minimum Gasteiger partial charge on any atom is -0.316 e. The zero-order valence-electron chi connectivity index (χ0n) is 9.91. The molecule has 0 spiro atoms. The van der Waals surface area contributed by atoms with Crippen LogP contribution in [0.5, 0.6) is 0 Å². The van der Waals surface area contributed by atoms with Crippen LogP contribution in [-0.2, 0) is 13.1 Å². The van der Waals surface area contributed by atoms with Crippen molar-refractivity contribution in [1.29, 1.82) is 5.26 Å². The van der Waals surface area contributed by atoms with Crippen LogP contribution in [0.3, 0.4) is 0 Å². The minimum absolute atomic E-state index is 0.224. The second kappa shape index (κ2) is 4.82. The van der Waals surface area contributed by atoms with Gasteiger partial charge in [0.05, 0.1) is 0 Å². The summed E-state index contributed by atoms with van der Waals surface area (Å²) >= 11 is 0. The zero-order valence-corrected chi connectivity index (χ0v) is 9.91. The summed E-state index contributed by atoms with van der Waals surface area (Å²) in [4.78, 5) is 1.94. The van der Waals surface area contributed by atoms with Crippen molar-refractivity contribution in [2.75, 3.05) is 20.1 Å². The van der Waals surface area contributed by atoms with Gasteiger partial charge in [0.2, 0.25) is 5.67 Å². The largest absolute Gasteiger partial charge is 0.316 e. The number of nitrogens with zero attached hydrogens (tertiary/aromatic N) is 2. The van der Waals surface area contributed by atoms with Crippen molar-refractivity contribution in [3.8, 4) is 6.07 Å². The van der Waals surface area contributed by atoms with Gasteiger partial charge in [0, 0.05) is 26.2 Å². The molecule has 1 heterocycles. The molecule has 90 valence electrons. The van der Waals surface area contributed by atoms with Crippen LogP contribution in [0.15, 0.2) is 24.3 Å². The summed E-state index contributed by atoms with van der Waals surface area (Å²) in [5.41, 5.74) is 0.771. The average molecular weight is 233 g/mol. The molecule has 1 saturated heterocycles. The first-order chi connectivity index (χ1) is 8.15. The highest BCUT2D eigenvalue weighted by Gasteiger charge is 2.43. The predicted molar refractivity (Wildman–Crippen MR) is 63.9 cm³/mol. The van der Waals surface area contributed by atoms with E-state index in [4.69, 9.17) is 5.26 Å². The SMILES string of the molecule is CNCc1ccc(CN2CC(F)(C#N)C2)cc1. The van der Waals surface area contributed by atoms with Gasteiger partial charge in [-0.3, -0.25) is 4.90 Å². The Morgan fingerprint density at radius 2 is 1.94 bits per heavy atom. The molecule has 1 fully saturated rings. The molecule has 0 aliphatic carbocycles. The smallest absolute Gasteiger partial charge is 0.221 e.